The zero-order chi connectivity index (χ0) is 13.8. The van der Waals surface area contributed by atoms with Crippen molar-refractivity contribution < 1.29 is 14.4 Å². The largest absolute Gasteiger partial charge is 0.508 e. The smallest absolute Gasteiger partial charge is 0.227 e. The van der Waals surface area contributed by atoms with Gasteiger partial charge in [-0.1, -0.05) is 5.16 Å². The van der Waals surface area contributed by atoms with Crippen LogP contribution in [0, 0.1) is 0 Å². The fraction of sp³-hybridized carbons (Fsp3) is 0.467. The minimum absolute atomic E-state index is 0.229. The number of phenolic OH excluding ortho intramolecular Hbond substituents is 1. The van der Waals surface area contributed by atoms with Gasteiger partial charge in [0.2, 0.25) is 11.7 Å². The summed E-state index contributed by atoms with van der Waals surface area (Å²) in [6, 6.07) is 6.77. The number of rotatable bonds is 4. The Morgan fingerprint density at radius 3 is 2.80 bits per heavy atom. The van der Waals surface area contributed by atoms with E-state index in [0.29, 0.717) is 17.8 Å². The van der Waals surface area contributed by atoms with E-state index in [4.69, 9.17) is 9.26 Å². The normalized spacial score (nSPS) is 19.1. The maximum Gasteiger partial charge on any atom is 0.227 e. The van der Waals surface area contributed by atoms with Gasteiger partial charge in [-0.15, -0.1) is 0 Å². The second-order valence-corrected chi connectivity index (χ2v) is 5.09. The lowest BCUT2D eigenvalue weighted by molar-refractivity contribution is 0.0104. The number of hydrogen-bond donors (Lipinski definition) is 1. The Balaban J connectivity index is 1.60. The van der Waals surface area contributed by atoms with Crippen LogP contribution >= 0.6 is 0 Å². The topological polar surface area (TPSA) is 68.4 Å². The second kappa shape index (κ2) is 6.05. The van der Waals surface area contributed by atoms with E-state index in [1.165, 1.54) is 12.8 Å². The van der Waals surface area contributed by atoms with Crippen LogP contribution in [0.5, 0.6) is 5.75 Å². The van der Waals surface area contributed by atoms with Gasteiger partial charge in [-0.2, -0.15) is 4.98 Å². The molecular formula is C15H18N2O3. The van der Waals surface area contributed by atoms with Crippen LogP contribution in [0.2, 0.25) is 0 Å². The van der Waals surface area contributed by atoms with Gasteiger partial charge in [0.05, 0.1) is 6.10 Å². The number of benzene rings is 1. The van der Waals surface area contributed by atoms with E-state index >= 15 is 0 Å². The van der Waals surface area contributed by atoms with Crippen molar-refractivity contribution in [1.82, 2.24) is 10.1 Å². The van der Waals surface area contributed by atoms with Crippen molar-refractivity contribution in [3.8, 4) is 17.1 Å². The van der Waals surface area contributed by atoms with Crippen molar-refractivity contribution in [3.05, 3.63) is 30.2 Å². The average Bonchev–Trinajstić information content (AvgIpc) is 2.96. The number of nitrogens with zero attached hydrogens (tertiary/aromatic N) is 2. The molecule has 1 aromatic heterocycles. The van der Waals surface area contributed by atoms with Gasteiger partial charge in [0, 0.05) is 18.6 Å². The summed E-state index contributed by atoms with van der Waals surface area (Å²) >= 11 is 0. The second-order valence-electron chi connectivity index (χ2n) is 5.09. The molecule has 1 N–H and O–H groups in total. The van der Waals surface area contributed by atoms with E-state index < -0.39 is 0 Å². The molecule has 1 fully saturated rings. The molecule has 106 valence electrons. The van der Waals surface area contributed by atoms with Gasteiger partial charge in [-0.05, 0) is 49.9 Å². The Bertz CT molecular complexity index is 545. The third kappa shape index (κ3) is 3.17. The molecule has 1 saturated heterocycles. The number of phenols is 1. The quantitative estimate of drug-likeness (QED) is 0.928. The molecule has 0 bridgehead atoms. The molecule has 0 spiro atoms. The van der Waals surface area contributed by atoms with Crippen LogP contribution < -0.4 is 0 Å². The molecule has 0 saturated carbocycles. The molecule has 0 amide bonds. The third-order valence-corrected chi connectivity index (χ3v) is 3.55. The molecule has 1 atom stereocenters. The van der Waals surface area contributed by atoms with Gasteiger partial charge >= 0.3 is 0 Å². The van der Waals surface area contributed by atoms with Crippen LogP contribution in [0.3, 0.4) is 0 Å². The van der Waals surface area contributed by atoms with Crippen LogP contribution in [0.4, 0.5) is 0 Å². The maximum absolute atomic E-state index is 9.26. The fourth-order valence-corrected chi connectivity index (χ4v) is 2.40. The van der Waals surface area contributed by atoms with E-state index in [-0.39, 0.29) is 5.75 Å². The van der Waals surface area contributed by atoms with Gasteiger partial charge in [0.15, 0.2) is 0 Å². The molecule has 5 nitrogen and oxygen atoms in total. The Labute approximate surface area is 117 Å². The minimum Gasteiger partial charge on any atom is -0.508 e. The Kier molecular flexibility index (Phi) is 3.97. The van der Waals surface area contributed by atoms with Crippen molar-refractivity contribution in [2.45, 2.75) is 38.2 Å². The molecule has 2 aromatic rings. The van der Waals surface area contributed by atoms with Crippen LogP contribution in [0.1, 0.15) is 31.6 Å². The first kappa shape index (κ1) is 13.1. The Morgan fingerprint density at radius 2 is 2.05 bits per heavy atom. The molecule has 0 aliphatic carbocycles. The standard InChI is InChI=1S/C15H18N2O3/c18-12-6-4-11(5-7-12)15-16-14(20-17-15)9-8-13-3-1-2-10-19-13/h4-7,13,18H,1-3,8-10H2. The van der Waals surface area contributed by atoms with Crippen molar-refractivity contribution in [2.24, 2.45) is 0 Å². The fourth-order valence-electron chi connectivity index (χ4n) is 2.40. The monoisotopic (exact) mass is 274 g/mol. The molecule has 1 aliphatic heterocycles. The first-order valence-electron chi connectivity index (χ1n) is 7.05. The summed E-state index contributed by atoms with van der Waals surface area (Å²) in [5.41, 5.74) is 0.840. The van der Waals surface area contributed by atoms with E-state index in [9.17, 15) is 5.11 Å². The summed E-state index contributed by atoms with van der Waals surface area (Å²) in [6.45, 7) is 0.868. The van der Waals surface area contributed by atoms with Crippen molar-refractivity contribution in [1.29, 1.82) is 0 Å². The number of hydrogen-bond acceptors (Lipinski definition) is 5. The van der Waals surface area contributed by atoms with Crippen molar-refractivity contribution >= 4 is 0 Å². The maximum atomic E-state index is 9.26. The molecule has 0 radical (unpaired) electrons. The highest BCUT2D eigenvalue weighted by Crippen LogP contribution is 2.21. The summed E-state index contributed by atoms with van der Waals surface area (Å²) in [7, 11) is 0. The lowest BCUT2D eigenvalue weighted by atomic mass is 10.0. The van der Waals surface area contributed by atoms with Gasteiger partial charge in [-0.25, -0.2) is 0 Å². The highest BCUT2D eigenvalue weighted by molar-refractivity contribution is 5.55. The van der Waals surface area contributed by atoms with Crippen molar-refractivity contribution in [2.75, 3.05) is 6.61 Å². The van der Waals surface area contributed by atoms with Crippen LogP contribution in [-0.4, -0.2) is 28.0 Å². The third-order valence-electron chi connectivity index (χ3n) is 3.55. The summed E-state index contributed by atoms with van der Waals surface area (Å²) in [5.74, 6) is 1.43. The zero-order valence-electron chi connectivity index (χ0n) is 11.3. The summed E-state index contributed by atoms with van der Waals surface area (Å²) in [5, 5.41) is 13.2. The molecule has 1 unspecified atom stereocenters. The average molecular weight is 274 g/mol. The predicted molar refractivity (Wildman–Crippen MR) is 73.3 cm³/mol. The predicted octanol–water partition coefficient (Wildman–Crippen LogP) is 2.94. The molecular weight excluding hydrogens is 256 g/mol. The van der Waals surface area contributed by atoms with Crippen LogP contribution in [-0.2, 0) is 11.2 Å². The number of aryl methyl sites for hydroxylation is 1. The summed E-state index contributed by atoms with van der Waals surface area (Å²) in [4.78, 5) is 4.38. The van der Waals surface area contributed by atoms with Gasteiger partial charge < -0.3 is 14.4 Å². The molecule has 20 heavy (non-hydrogen) atoms. The molecule has 1 aromatic carbocycles. The first-order chi connectivity index (χ1) is 9.81. The zero-order valence-corrected chi connectivity index (χ0v) is 11.3. The number of aromatic nitrogens is 2. The van der Waals surface area contributed by atoms with E-state index in [0.717, 1.165) is 31.4 Å². The van der Waals surface area contributed by atoms with Gasteiger partial charge in [-0.3, -0.25) is 0 Å². The lowest BCUT2D eigenvalue weighted by Gasteiger charge is -2.21. The highest BCUT2D eigenvalue weighted by Gasteiger charge is 2.16. The van der Waals surface area contributed by atoms with Gasteiger partial charge in [0.25, 0.3) is 0 Å². The molecule has 2 heterocycles. The lowest BCUT2D eigenvalue weighted by Crippen LogP contribution is -2.19. The highest BCUT2D eigenvalue weighted by atomic mass is 16.5. The van der Waals surface area contributed by atoms with E-state index in [1.807, 2.05) is 0 Å². The van der Waals surface area contributed by atoms with Crippen LogP contribution in [0.25, 0.3) is 11.4 Å². The van der Waals surface area contributed by atoms with E-state index in [1.54, 1.807) is 24.3 Å². The SMILES string of the molecule is Oc1ccc(-c2noc(CCC3CCCCO3)n2)cc1. The Morgan fingerprint density at radius 1 is 1.20 bits per heavy atom. The first-order valence-corrected chi connectivity index (χ1v) is 7.05. The van der Waals surface area contributed by atoms with E-state index in [2.05, 4.69) is 10.1 Å². The summed E-state index contributed by atoms with van der Waals surface area (Å²) in [6.07, 6.45) is 5.54. The molecule has 3 rings (SSSR count). The molecule has 5 heteroatoms. The number of ether oxygens (including phenoxy) is 1. The van der Waals surface area contributed by atoms with Gasteiger partial charge in [0.1, 0.15) is 5.75 Å². The van der Waals surface area contributed by atoms with Crippen molar-refractivity contribution in [3.63, 3.8) is 0 Å². The summed E-state index contributed by atoms with van der Waals surface area (Å²) < 4.78 is 10.9. The van der Waals surface area contributed by atoms with Crippen LogP contribution in [0.15, 0.2) is 28.8 Å². The minimum atomic E-state index is 0.229. The number of aromatic hydroxyl groups is 1. The molecule has 1 aliphatic rings. The Hall–Kier alpha value is -1.88.